The normalized spacial score (nSPS) is 9.73. The molecule has 0 atom stereocenters. The predicted octanol–water partition coefficient (Wildman–Crippen LogP) is 1.96. The SMILES string of the molecule is COc1cc(I)cc2c(=O)[nH]cnc12.Cl. The Morgan fingerprint density at radius 3 is 2.87 bits per heavy atom. The minimum atomic E-state index is -0.146. The van der Waals surface area contributed by atoms with Crippen LogP contribution in [0.5, 0.6) is 5.75 Å². The molecule has 0 aliphatic heterocycles. The minimum absolute atomic E-state index is 0. The Morgan fingerprint density at radius 1 is 1.47 bits per heavy atom. The Balaban J connectivity index is 0.00000112. The van der Waals surface area contributed by atoms with E-state index in [2.05, 4.69) is 32.6 Å². The molecular weight excluding hydrogens is 330 g/mol. The first kappa shape index (κ1) is 12.3. The van der Waals surface area contributed by atoms with Crippen LogP contribution in [0.3, 0.4) is 0 Å². The summed E-state index contributed by atoms with van der Waals surface area (Å²) in [5, 5.41) is 0.552. The Bertz CT molecular complexity index is 541. The lowest BCUT2D eigenvalue weighted by molar-refractivity contribution is 0.418. The van der Waals surface area contributed by atoms with Crippen LogP contribution in [0.2, 0.25) is 0 Å². The maximum Gasteiger partial charge on any atom is 0.258 e. The van der Waals surface area contributed by atoms with E-state index in [4.69, 9.17) is 4.74 Å². The van der Waals surface area contributed by atoms with E-state index in [1.54, 1.807) is 13.2 Å². The fourth-order valence-electron chi connectivity index (χ4n) is 1.27. The Hall–Kier alpha value is -0.820. The third-order valence-corrected chi connectivity index (χ3v) is 2.52. The molecule has 15 heavy (non-hydrogen) atoms. The van der Waals surface area contributed by atoms with Gasteiger partial charge < -0.3 is 9.72 Å². The molecule has 1 aromatic heterocycles. The summed E-state index contributed by atoms with van der Waals surface area (Å²) in [5.41, 5.74) is 0.448. The highest BCUT2D eigenvalue weighted by atomic mass is 127. The molecule has 0 radical (unpaired) electrons. The lowest BCUT2D eigenvalue weighted by atomic mass is 10.2. The second-order valence-electron chi connectivity index (χ2n) is 2.74. The highest BCUT2D eigenvalue weighted by Gasteiger charge is 2.06. The lowest BCUT2D eigenvalue weighted by Gasteiger charge is -2.03. The first-order valence-electron chi connectivity index (χ1n) is 3.93. The van der Waals surface area contributed by atoms with Crippen LogP contribution in [-0.2, 0) is 0 Å². The van der Waals surface area contributed by atoms with Crippen molar-refractivity contribution in [1.82, 2.24) is 9.97 Å². The van der Waals surface area contributed by atoms with Crippen LogP contribution in [0.15, 0.2) is 23.3 Å². The van der Waals surface area contributed by atoms with Crippen LogP contribution < -0.4 is 10.3 Å². The molecule has 0 spiro atoms. The molecule has 4 nitrogen and oxygen atoms in total. The van der Waals surface area contributed by atoms with Crippen molar-refractivity contribution in [3.8, 4) is 5.75 Å². The molecule has 1 heterocycles. The third kappa shape index (κ3) is 2.23. The van der Waals surface area contributed by atoms with Gasteiger partial charge in [-0.15, -0.1) is 12.4 Å². The van der Waals surface area contributed by atoms with Gasteiger partial charge in [0.2, 0.25) is 0 Å². The molecule has 0 unspecified atom stereocenters. The van der Waals surface area contributed by atoms with E-state index in [0.717, 1.165) is 3.57 Å². The third-order valence-electron chi connectivity index (χ3n) is 1.89. The topological polar surface area (TPSA) is 55.0 Å². The monoisotopic (exact) mass is 338 g/mol. The van der Waals surface area contributed by atoms with Crippen molar-refractivity contribution in [2.24, 2.45) is 0 Å². The minimum Gasteiger partial charge on any atom is -0.494 e. The second kappa shape index (κ2) is 4.80. The van der Waals surface area contributed by atoms with E-state index < -0.39 is 0 Å². The van der Waals surface area contributed by atoms with Crippen LogP contribution in [-0.4, -0.2) is 17.1 Å². The first-order chi connectivity index (χ1) is 6.72. The van der Waals surface area contributed by atoms with Crippen molar-refractivity contribution < 1.29 is 4.74 Å². The average Bonchev–Trinajstić information content (AvgIpc) is 2.18. The Labute approximate surface area is 106 Å². The number of aromatic nitrogens is 2. The quantitative estimate of drug-likeness (QED) is 0.809. The van der Waals surface area contributed by atoms with Gasteiger partial charge >= 0.3 is 0 Å². The highest BCUT2D eigenvalue weighted by Crippen LogP contribution is 2.23. The standard InChI is InChI=1S/C9H7IN2O2.ClH/c1-14-7-3-5(10)2-6-8(7)11-4-12-9(6)13;/h2-4H,1H3,(H,11,12,13);1H. The van der Waals surface area contributed by atoms with Gasteiger partial charge in [-0.2, -0.15) is 0 Å². The van der Waals surface area contributed by atoms with Gasteiger partial charge in [0.05, 0.1) is 18.8 Å². The van der Waals surface area contributed by atoms with Gasteiger partial charge in [0.15, 0.2) is 0 Å². The molecule has 0 saturated carbocycles. The molecule has 2 rings (SSSR count). The molecule has 6 heteroatoms. The van der Waals surface area contributed by atoms with Gasteiger partial charge in [-0.25, -0.2) is 4.98 Å². The number of fused-ring (bicyclic) bond motifs is 1. The molecule has 2 aromatic rings. The summed E-state index contributed by atoms with van der Waals surface area (Å²) < 4.78 is 6.09. The van der Waals surface area contributed by atoms with Gasteiger partial charge in [0, 0.05) is 3.57 Å². The number of nitrogens with zero attached hydrogens (tertiary/aromatic N) is 1. The fourth-order valence-corrected chi connectivity index (χ4v) is 1.86. The Kier molecular flexibility index (Phi) is 3.92. The first-order valence-corrected chi connectivity index (χ1v) is 5.01. The number of rotatable bonds is 1. The van der Waals surface area contributed by atoms with Crippen LogP contribution in [0.25, 0.3) is 10.9 Å². The Morgan fingerprint density at radius 2 is 2.20 bits per heavy atom. The van der Waals surface area contributed by atoms with E-state index in [0.29, 0.717) is 16.7 Å². The van der Waals surface area contributed by atoms with E-state index in [1.807, 2.05) is 6.07 Å². The van der Waals surface area contributed by atoms with Crippen molar-refractivity contribution in [3.05, 3.63) is 32.4 Å². The van der Waals surface area contributed by atoms with E-state index >= 15 is 0 Å². The number of benzene rings is 1. The smallest absolute Gasteiger partial charge is 0.258 e. The van der Waals surface area contributed by atoms with E-state index in [1.165, 1.54) is 6.33 Å². The number of hydrogen-bond acceptors (Lipinski definition) is 3. The predicted molar refractivity (Wildman–Crippen MR) is 68.9 cm³/mol. The summed E-state index contributed by atoms with van der Waals surface area (Å²) in [7, 11) is 1.56. The maximum absolute atomic E-state index is 11.4. The summed E-state index contributed by atoms with van der Waals surface area (Å²) in [6.45, 7) is 0. The van der Waals surface area contributed by atoms with Crippen LogP contribution >= 0.6 is 35.0 Å². The number of nitrogens with one attached hydrogen (secondary N) is 1. The summed E-state index contributed by atoms with van der Waals surface area (Å²) in [5.74, 6) is 0.623. The molecule has 80 valence electrons. The fraction of sp³-hybridized carbons (Fsp3) is 0.111. The van der Waals surface area contributed by atoms with Crippen molar-refractivity contribution in [3.63, 3.8) is 0 Å². The number of aromatic amines is 1. The molecule has 0 bridgehead atoms. The molecular formula is C9H8ClIN2O2. The van der Waals surface area contributed by atoms with Gasteiger partial charge in [-0.05, 0) is 34.7 Å². The summed E-state index contributed by atoms with van der Waals surface area (Å²) >= 11 is 2.13. The number of H-pyrrole nitrogens is 1. The van der Waals surface area contributed by atoms with E-state index in [9.17, 15) is 4.79 Å². The molecule has 0 amide bonds. The summed E-state index contributed by atoms with van der Waals surface area (Å²) in [4.78, 5) is 18.0. The largest absolute Gasteiger partial charge is 0.494 e. The molecule has 0 aliphatic rings. The van der Waals surface area contributed by atoms with Gasteiger partial charge in [0.25, 0.3) is 5.56 Å². The zero-order valence-corrected chi connectivity index (χ0v) is 10.8. The van der Waals surface area contributed by atoms with Crippen molar-refractivity contribution in [2.75, 3.05) is 7.11 Å². The molecule has 1 N–H and O–H groups in total. The number of methoxy groups -OCH3 is 1. The molecule has 1 aromatic carbocycles. The van der Waals surface area contributed by atoms with Crippen molar-refractivity contribution in [1.29, 1.82) is 0 Å². The zero-order chi connectivity index (χ0) is 10.1. The molecule has 0 fully saturated rings. The molecule has 0 saturated heterocycles. The van der Waals surface area contributed by atoms with Gasteiger partial charge in [0.1, 0.15) is 11.3 Å². The average molecular weight is 339 g/mol. The van der Waals surface area contributed by atoms with E-state index in [-0.39, 0.29) is 18.0 Å². The van der Waals surface area contributed by atoms with Gasteiger partial charge in [-0.3, -0.25) is 4.79 Å². The molecule has 0 aliphatic carbocycles. The second-order valence-corrected chi connectivity index (χ2v) is 3.98. The van der Waals surface area contributed by atoms with Crippen LogP contribution in [0.4, 0.5) is 0 Å². The number of hydrogen-bond donors (Lipinski definition) is 1. The van der Waals surface area contributed by atoms with Crippen LogP contribution in [0, 0.1) is 3.57 Å². The number of halogens is 2. The number of ether oxygens (including phenoxy) is 1. The van der Waals surface area contributed by atoms with Crippen molar-refractivity contribution >= 4 is 45.9 Å². The lowest BCUT2D eigenvalue weighted by Crippen LogP contribution is -2.07. The highest BCUT2D eigenvalue weighted by molar-refractivity contribution is 14.1. The maximum atomic E-state index is 11.4. The van der Waals surface area contributed by atoms with Gasteiger partial charge in [-0.1, -0.05) is 0 Å². The zero-order valence-electron chi connectivity index (χ0n) is 7.78. The van der Waals surface area contributed by atoms with Crippen molar-refractivity contribution in [2.45, 2.75) is 0 Å². The summed E-state index contributed by atoms with van der Waals surface area (Å²) in [6, 6.07) is 3.62. The van der Waals surface area contributed by atoms with Crippen LogP contribution in [0.1, 0.15) is 0 Å². The summed E-state index contributed by atoms with van der Waals surface area (Å²) in [6.07, 6.45) is 1.38.